The molecule has 0 radical (unpaired) electrons. The number of hydrogen-bond donors (Lipinski definition) is 1. The van der Waals surface area contributed by atoms with Crippen LogP contribution in [0.1, 0.15) is 31.7 Å². The third kappa shape index (κ3) is 3.83. The number of benzene rings is 1. The van der Waals surface area contributed by atoms with E-state index in [1.807, 2.05) is 0 Å². The van der Waals surface area contributed by atoms with Gasteiger partial charge < -0.3 is 10.0 Å². The molecule has 1 heterocycles. The Kier molecular flexibility index (Phi) is 4.77. The van der Waals surface area contributed by atoms with Crippen molar-refractivity contribution in [2.45, 2.75) is 26.2 Å². The van der Waals surface area contributed by atoms with E-state index >= 15 is 0 Å². The number of hydrogen-bond acceptors (Lipinski definition) is 2. The zero-order valence-corrected chi connectivity index (χ0v) is 11.7. The van der Waals surface area contributed by atoms with Gasteiger partial charge in [-0.3, -0.25) is 0 Å². The summed E-state index contributed by atoms with van der Waals surface area (Å²) in [5.74, 6) is -0.662. The fourth-order valence-electron chi connectivity index (χ4n) is 2.61. The second kappa shape index (κ2) is 6.55. The molecule has 1 unspecified atom stereocenters. The zero-order chi connectivity index (χ0) is 14.5. The molecule has 1 aromatic carbocycles. The van der Waals surface area contributed by atoms with Crippen molar-refractivity contribution < 1.29 is 14.3 Å². The van der Waals surface area contributed by atoms with Crippen LogP contribution in [0.25, 0.3) is 6.08 Å². The molecule has 0 saturated carbocycles. The third-order valence-corrected chi connectivity index (χ3v) is 3.75. The lowest BCUT2D eigenvalue weighted by molar-refractivity contribution is -0.131. The van der Waals surface area contributed by atoms with Gasteiger partial charge in [0.1, 0.15) is 5.82 Å². The van der Waals surface area contributed by atoms with Gasteiger partial charge in [0.2, 0.25) is 0 Å². The molecule has 1 aliphatic rings. The first-order valence-corrected chi connectivity index (χ1v) is 7.02. The van der Waals surface area contributed by atoms with Crippen molar-refractivity contribution in [3.8, 4) is 0 Å². The Morgan fingerprint density at radius 2 is 2.20 bits per heavy atom. The quantitative estimate of drug-likeness (QED) is 0.859. The molecule has 1 saturated heterocycles. The summed E-state index contributed by atoms with van der Waals surface area (Å²) in [6.07, 6.45) is 5.95. The van der Waals surface area contributed by atoms with Crippen molar-refractivity contribution in [3.63, 3.8) is 0 Å². The normalized spacial score (nSPS) is 20.1. The molecule has 1 aromatic rings. The van der Waals surface area contributed by atoms with Crippen molar-refractivity contribution in [1.29, 1.82) is 0 Å². The smallest absolute Gasteiger partial charge is 0.328 e. The summed E-state index contributed by atoms with van der Waals surface area (Å²) < 4.78 is 13.4. The van der Waals surface area contributed by atoms with E-state index in [9.17, 15) is 9.18 Å². The van der Waals surface area contributed by atoms with Gasteiger partial charge in [0.25, 0.3) is 0 Å². The van der Waals surface area contributed by atoms with E-state index in [1.54, 1.807) is 6.07 Å². The number of aliphatic carboxylic acids is 1. The lowest BCUT2D eigenvalue weighted by Crippen LogP contribution is -2.25. The Morgan fingerprint density at radius 3 is 2.95 bits per heavy atom. The second-order valence-electron chi connectivity index (χ2n) is 5.40. The summed E-state index contributed by atoms with van der Waals surface area (Å²) in [4.78, 5) is 12.9. The van der Waals surface area contributed by atoms with Crippen molar-refractivity contribution in [1.82, 2.24) is 0 Å². The number of nitrogens with zero attached hydrogens (tertiary/aromatic N) is 1. The summed E-state index contributed by atoms with van der Waals surface area (Å²) in [7, 11) is 0. The predicted octanol–water partition coefficient (Wildman–Crippen LogP) is 3.55. The van der Waals surface area contributed by atoms with Crippen molar-refractivity contribution >= 4 is 17.7 Å². The predicted molar refractivity (Wildman–Crippen MR) is 78.3 cm³/mol. The van der Waals surface area contributed by atoms with Crippen molar-refractivity contribution in [2.24, 2.45) is 5.92 Å². The standard InChI is InChI=1S/C16H20FNO2/c1-12-3-2-9-18(10-8-12)15-6-5-14(17)11-13(15)4-7-16(19)20/h4-7,11-12H,2-3,8-10H2,1H3,(H,19,20). The van der Waals surface area contributed by atoms with Crippen LogP contribution < -0.4 is 4.90 Å². The van der Waals surface area contributed by atoms with Crippen LogP contribution in [-0.4, -0.2) is 24.2 Å². The monoisotopic (exact) mass is 277 g/mol. The molecule has 0 bridgehead atoms. The third-order valence-electron chi connectivity index (χ3n) is 3.75. The first-order valence-electron chi connectivity index (χ1n) is 7.02. The maximum absolute atomic E-state index is 13.4. The summed E-state index contributed by atoms with van der Waals surface area (Å²) in [5, 5.41) is 8.73. The molecule has 0 aromatic heterocycles. The van der Waals surface area contributed by atoms with Gasteiger partial charge in [0, 0.05) is 30.4 Å². The van der Waals surface area contributed by atoms with Crippen LogP contribution >= 0.6 is 0 Å². The van der Waals surface area contributed by atoms with E-state index in [1.165, 1.54) is 24.6 Å². The highest BCUT2D eigenvalue weighted by molar-refractivity contribution is 5.87. The Balaban J connectivity index is 2.27. The maximum Gasteiger partial charge on any atom is 0.328 e. The number of rotatable bonds is 3. The highest BCUT2D eigenvalue weighted by Crippen LogP contribution is 2.27. The van der Waals surface area contributed by atoms with Gasteiger partial charge in [-0.25, -0.2) is 9.18 Å². The number of carboxylic acid groups (broad SMARTS) is 1. The van der Waals surface area contributed by atoms with Crippen LogP contribution in [0.5, 0.6) is 0 Å². The fourth-order valence-corrected chi connectivity index (χ4v) is 2.61. The molecule has 0 aliphatic carbocycles. The molecule has 0 spiro atoms. The highest BCUT2D eigenvalue weighted by Gasteiger charge is 2.16. The fraction of sp³-hybridized carbons (Fsp3) is 0.438. The number of anilines is 1. The molecular formula is C16H20FNO2. The summed E-state index contributed by atoms with van der Waals surface area (Å²) in [5.41, 5.74) is 1.54. The average molecular weight is 277 g/mol. The highest BCUT2D eigenvalue weighted by atomic mass is 19.1. The Labute approximate surface area is 118 Å². The molecule has 108 valence electrons. The maximum atomic E-state index is 13.4. The van der Waals surface area contributed by atoms with Crippen LogP contribution in [-0.2, 0) is 4.79 Å². The van der Waals surface area contributed by atoms with E-state index in [-0.39, 0.29) is 5.82 Å². The molecule has 4 heteroatoms. The van der Waals surface area contributed by atoms with Gasteiger partial charge >= 0.3 is 5.97 Å². The van der Waals surface area contributed by atoms with Crippen LogP contribution in [0.2, 0.25) is 0 Å². The van der Waals surface area contributed by atoms with Gasteiger partial charge in [0.05, 0.1) is 0 Å². The molecule has 1 N–H and O–H groups in total. The van der Waals surface area contributed by atoms with E-state index in [4.69, 9.17) is 5.11 Å². The van der Waals surface area contributed by atoms with Crippen LogP contribution in [0.3, 0.4) is 0 Å². The molecule has 1 aliphatic heterocycles. The van der Waals surface area contributed by atoms with Crippen LogP contribution in [0.15, 0.2) is 24.3 Å². The summed E-state index contributed by atoms with van der Waals surface area (Å²) in [6.45, 7) is 4.12. The molecular weight excluding hydrogens is 257 g/mol. The lowest BCUT2D eigenvalue weighted by atomic mass is 10.0. The molecule has 3 nitrogen and oxygen atoms in total. The first-order chi connectivity index (χ1) is 9.56. The van der Waals surface area contributed by atoms with Gasteiger partial charge in [-0.05, 0) is 49.5 Å². The zero-order valence-electron chi connectivity index (χ0n) is 11.7. The minimum atomic E-state index is -1.02. The van der Waals surface area contributed by atoms with Crippen molar-refractivity contribution in [2.75, 3.05) is 18.0 Å². The largest absolute Gasteiger partial charge is 0.478 e. The minimum absolute atomic E-state index is 0.345. The van der Waals surface area contributed by atoms with Gasteiger partial charge in [-0.15, -0.1) is 0 Å². The molecule has 20 heavy (non-hydrogen) atoms. The van der Waals surface area contributed by atoms with Crippen molar-refractivity contribution in [3.05, 3.63) is 35.7 Å². The van der Waals surface area contributed by atoms with Gasteiger partial charge in [-0.1, -0.05) is 6.92 Å². The van der Waals surface area contributed by atoms with E-state index in [0.29, 0.717) is 11.5 Å². The molecule has 1 atom stereocenters. The van der Waals surface area contributed by atoms with E-state index in [2.05, 4.69) is 11.8 Å². The molecule has 2 rings (SSSR count). The van der Waals surface area contributed by atoms with Gasteiger partial charge in [-0.2, -0.15) is 0 Å². The van der Waals surface area contributed by atoms with Crippen LogP contribution in [0.4, 0.5) is 10.1 Å². The average Bonchev–Trinajstić information content (AvgIpc) is 2.61. The van der Waals surface area contributed by atoms with Gasteiger partial charge in [0.15, 0.2) is 0 Å². The van der Waals surface area contributed by atoms with Crippen LogP contribution in [0, 0.1) is 11.7 Å². The Morgan fingerprint density at radius 1 is 1.40 bits per heavy atom. The minimum Gasteiger partial charge on any atom is -0.478 e. The molecule has 1 fully saturated rings. The number of halogens is 1. The molecule has 0 amide bonds. The van der Waals surface area contributed by atoms with E-state index in [0.717, 1.165) is 37.7 Å². The first kappa shape index (κ1) is 14.6. The number of carbonyl (C=O) groups is 1. The Hall–Kier alpha value is -1.84. The SMILES string of the molecule is CC1CCCN(c2ccc(F)cc2C=CC(=O)O)CC1. The number of carboxylic acids is 1. The summed E-state index contributed by atoms with van der Waals surface area (Å²) >= 11 is 0. The van der Waals surface area contributed by atoms with E-state index < -0.39 is 5.97 Å². The topological polar surface area (TPSA) is 40.5 Å². The Bertz CT molecular complexity index is 513. The second-order valence-corrected chi connectivity index (χ2v) is 5.40. The lowest BCUT2D eigenvalue weighted by Gasteiger charge is -2.24. The summed E-state index contributed by atoms with van der Waals surface area (Å²) in [6, 6.07) is 4.57.